The fourth-order valence-corrected chi connectivity index (χ4v) is 3.24. The molecule has 1 saturated carbocycles. The minimum absolute atomic E-state index is 0.0695. The molecule has 0 atom stereocenters. The maximum atomic E-state index is 12.5. The van der Waals surface area contributed by atoms with Crippen LogP contribution < -0.4 is 10.1 Å². The summed E-state index contributed by atoms with van der Waals surface area (Å²) in [6.45, 7) is 2.43. The largest absolute Gasteiger partial charge is 0.487 e. The highest BCUT2D eigenvalue weighted by Crippen LogP contribution is 2.39. The van der Waals surface area contributed by atoms with Crippen LogP contribution in [0.4, 0.5) is 5.69 Å². The Balaban J connectivity index is 1.63. The Bertz CT molecular complexity index is 713. The number of halogens is 1. The number of pyridine rings is 1. The number of anilines is 1. The van der Waals surface area contributed by atoms with Crippen LogP contribution in [0.15, 0.2) is 42.7 Å². The van der Waals surface area contributed by atoms with E-state index in [1.54, 1.807) is 24.5 Å². The van der Waals surface area contributed by atoms with Crippen LogP contribution in [-0.4, -0.2) is 10.9 Å². The number of carbonyl (C=O) groups excluding carboxylic acids is 1. The van der Waals surface area contributed by atoms with Gasteiger partial charge >= 0.3 is 0 Å². The number of benzene rings is 1. The summed E-state index contributed by atoms with van der Waals surface area (Å²) in [6, 6.07) is 9.14. The van der Waals surface area contributed by atoms with Crippen LogP contribution in [0.1, 0.15) is 38.2 Å². The zero-order valence-corrected chi connectivity index (χ0v) is 14.5. The lowest BCUT2D eigenvalue weighted by Crippen LogP contribution is -2.30. The summed E-state index contributed by atoms with van der Waals surface area (Å²) in [5, 5.41) is 3.46. The predicted molar refractivity (Wildman–Crippen MR) is 95.2 cm³/mol. The van der Waals surface area contributed by atoms with Gasteiger partial charge in [0, 0.05) is 29.1 Å². The topological polar surface area (TPSA) is 51.2 Å². The molecule has 5 heteroatoms. The zero-order valence-electron chi connectivity index (χ0n) is 13.7. The molecule has 0 bridgehead atoms. The van der Waals surface area contributed by atoms with Crippen LogP contribution in [0.2, 0.25) is 5.02 Å². The van der Waals surface area contributed by atoms with Crippen LogP contribution in [0, 0.1) is 5.41 Å². The van der Waals surface area contributed by atoms with Gasteiger partial charge in [-0.1, -0.05) is 37.4 Å². The zero-order chi connectivity index (χ0) is 17.0. The van der Waals surface area contributed by atoms with Crippen molar-refractivity contribution in [3.63, 3.8) is 0 Å². The third-order valence-electron chi connectivity index (χ3n) is 4.56. The molecule has 4 nitrogen and oxygen atoms in total. The van der Waals surface area contributed by atoms with Gasteiger partial charge in [-0.25, -0.2) is 0 Å². The molecule has 1 aromatic heterocycles. The SMILES string of the molecule is CC1(C(=O)Nc2ccc(OCc3cccnc3)c(Cl)c2)CCCC1. The summed E-state index contributed by atoms with van der Waals surface area (Å²) >= 11 is 6.28. The van der Waals surface area contributed by atoms with Gasteiger partial charge in [0.25, 0.3) is 0 Å². The number of hydrogen-bond donors (Lipinski definition) is 1. The van der Waals surface area contributed by atoms with Crippen LogP contribution in [0.3, 0.4) is 0 Å². The van der Waals surface area contributed by atoms with Crippen molar-refractivity contribution in [2.75, 3.05) is 5.32 Å². The first-order valence-corrected chi connectivity index (χ1v) is 8.57. The average molecular weight is 345 g/mol. The first-order chi connectivity index (χ1) is 11.6. The Morgan fingerprint density at radius 1 is 1.33 bits per heavy atom. The second-order valence-electron chi connectivity index (χ2n) is 6.52. The van der Waals surface area contributed by atoms with E-state index in [4.69, 9.17) is 16.3 Å². The summed E-state index contributed by atoms with van der Waals surface area (Å²) in [4.78, 5) is 16.5. The van der Waals surface area contributed by atoms with Crippen molar-refractivity contribution in [2.45, 2.75) is 39.2 Å². The predicted octanol–water partition coefficient (Wildman–Crippen LogP) is 4.83. The minimum Gasteiger partial charge on any atom is -0.487 e. The monoisotopic (exact) mass is 344 g/mol. The van der Waals surface area contributed by atoms with E-state index in [-0.39, 0.29) is 11.3 Å². The molecule has 24 heavy (non-hydrogen) atoms. The van der Waals surface area contributed by atoms with Crippen molar-refractivity contribution in [1.82, 2.24) is 4.98 Å². The summed E-state index contributed by atoms with van der Waals surface area (Å²) in [5.41, 5.74) is 1.41. The van der Waals surface area contributed by atoms with Gasteiger partial charge in [0.1, 0.15) is 12.4 Å². The van der Waals surface area contributed by atoms with Gasteiger partial charge in [0.05, 0.1) is 5.02 Å². The van der Waals surface area contributed by atoms with E-state index >= 15 is 0 Å². The third kappa shape index (κ3) is 3.88. The smallest absolute Gasteiger partial charge is 0.230 e. The highest BCUT2D eigenvalue weighted by Gasteiger charge is 2.36. The maximum absolute atomic E-state index is 12.5. The fourth-order valence-electron chi connectivity index (χ4n) is 3.00. The van der Waals surface area contributed by atoms with E-state index < -0.39 is 0 Å². The molecule has 1 aromatic carbocycles. The van der Waals surface area contributed by atoms with Crippen molar-refractivity contribution < 1.29 is 9.53 Å². The summed E-state index contributed by atoms with van der Waals surface area (Å²) in [5.74, 6) is 0.658. The molecule has 1 N–H and O–H groups in total. The Kier molecular flexibility index (Phi) is 5.05. The summed E-state index contributed by atoms with van der Waals surface area (Å²) in [7, 11) is 0. The van der Waals surface area contributed by atoms with Crippen LogP contribution in [0.5, 0.6) is 5.75 Å². The maximum Gasteiger partial charge on any atom is 0.230 e. The molecule has 1 aliphatic carbocycles. The van der Waals surface area contributed by atoms with Gasteiger partial charge in [0.15, 0.2) is 0 Å². The van der Waals surface area contributed by atoms with Gasteiger partial charge in [-0.3, -0.25) is 9.78 Å². The second kappa shape index (κ2) is 7.22. The molecule has 0 unspecified atom stereocenters. The normalized spacial score (nSPS) is 15.9. The van der Waals surface area contributed by atoms with Gasteiger partial charge in [0.2, 0.25) is 5.91 Å². The molecule has 3 rings (SSSR count). The van der Waals surface area contributed by atoms with Crippen LogP contribution in [0.25, 0.3) is 0 Å². The number of aromatic nitrogens is 1. The van der Waals surface area contributed by atoms with Gasteiger partial charge in [-0.05, 0) is 37.1 Å². The van der Waals surface area contributed by atoms with Gasteiger partial charge in [-0.15, -0.1) is 0 Å². The lowest BCUT2D eigenvalue weighted by Gasteiger charge is -2.22. The molecule has 1 fully saturated rings. The molecule has 126 valence electrons. The molecule has 0 saturated heterocycles. The van der Waals surface area contributed by atoms with Crippen molar-refractivity contribution in [3.05, 3.63) is 53.3 Å². The van der Waals surface area contributed by atoms with Crippen LogP contribution in [-0.2, 0) is 11.4 Å². The summed E-state index contributed by atoms with van der Waals surface area (Å²) in [6.07, 6.45) is 7.60. The van der Waals surface area contributed by atoms with Crippen molar-refractivity contribution in [2.24, 2.45) is 5.41 Å². The van der Waals surface area contributed by atoms with Crippen molar-refractivity contribution >= 4 is 23.2 Å². The van der Waals surface area contributed by atoms with E-state index in [0.717, 1.165) is 31.2 Å². The van der Waals surface area contributed by atoms with E-state index in [9.17, 15) is 4.79 Å². The molecule has 0 radical (unpaired) electrons. The minimum atomic E-state index is -0.262. The molecular weight excluding hydrogens is 324 g/mol. The number of amides is 1. The molecule has 1 amide bonds. The molecule has 0 spiro atoms. The van der Waals surface area contributed by atoms with Crippen molar-refractivity contribution in [3.8, 4) is 5.75 Å². The third-order valence-corrected chi connectivity index (χ3v) is 4.86. The quantitative estimate of drug-likeness (QED) is 0.844. The number of hydrogen-bond acceptors (Lipinski definition) is 3. The first-order valence-electron chi connectivity index (χ1n) is 8.20. The molecule has 1 aliphatic rings. The lowest BCUT2D eigenvalue weighted by atomic mass is 9.88. The van der Waals surface area contributed by atoms with Gasteiger partial charge < -0.3 is 10.1 Å². The first kappa shape index (κ1) is 16.8. The Morgan fingerprint density at radius 2 is 2.12 bits per heavy atom. The van der Waals surface area contributed by atoms with E-state index in [0.29, 0.717) is 23.1 Å². The fraction of sp³-hybridized carbons (Fsp3) is 0.368. The second-order valence-corrected chi connectivity index (χ2v) is 6.92. The number of carbonyl (C=O) groups is 1. The Morgan fingerprint density at radius 3 is 2.79 bits per heavy atom. The molecule has 1 heterocycles. The standard InChI is InChI=1S/C19H21ClN2O2/c1-19(8-2-3-9-19)18(23)22-15-6-7-17(16(20)11-15)24-13-14-5-4-10-21-12-14/h4-7,10-12H,2-3,8-9,13H2,1H3,(H,22,23). The van der Waals surface area contributed by atoms with Crippen LogP contribution >= 0.6 is 11.6 Å². The molecule has 0 aliphatic heterocycles. The Hall–Kier alpha value is -2.07. The highest BCUT2D eigenvalue weighted by molar-refractivity contribution is 6.32. The molecular formula is C19H21ClN2O2. The van der Waals surface area contributed by atoms with E-state index in [1.807, 2.05) is 25.1 Å². The molecule has 2 aromatic rings. The average Bonchev–Trinajstić information content (AvgIpc) is 3.03. The Labute approximate surface area is 147 Å². The number of ether oxygens (including phenoxy) is 1. The number of rotatable bonds is 5. The number of nitrogens with zero attached hydrogens (tertiary/aromatic N) is 1. The lowest BCUT2D eigenvalue weighted by molar-refractivity contribution is -0.124. The summed E-state index contributed by atoms with van der Waals surface area (Å²) < 4.78 is 5.72. The van der Waals surface area contributed by atoms with E-state index in [1.165, 1.54) is 0 Å². The van der Waals surface area contributed by atoms with Crippen molar-refractivity contribution in [1.29, 1.82) is 0 Å². The number of nitrogens with one attached hydrogen (secondary N) is 1. The van der Waals surface area contributed by atoms with E-state index in [2.05, 4.69) is 10.3 Å². The highest BCUT2D eigenvalue weighted by atomic mass is 35.5. The van der Waals surface area contributed by atoms with Gasteiger partial charge in [-0.2, -0.15) is 0 Å².